The number of carbonyl (C=O) groups excluding carboxylic acids is 1. The highest BCUT2D eigenvalue weighted by Crippen LogP contribution is 2.42. The van der Waals surface area contributed by atoms with E-state index in [1.807, 2.05) is 49.2 Å². The van der Waals surface area contributed by atoms with Crippen molar-refractivity contribution in [2.45, 2.75) is 31.8 Å². The Hall–Kier alpha value is -2.63. The standard InChI is InChI=1S/C26H35N3O2/c1-5-8-23-20(3)31-26(13-16-28-17-14-26)19-24(23)21-9-11-22(12-10-21)25(30)29(6-2)18-7-15-27-4/h5,8-12,19,27-28H,1,3,6-7,13-18H2,2,4H3/b23-8+. The van der Waals surface area contributed by atoms with Crippen molar-refractivity contribution in [2.75, 3.05) is 39.8 Å². The Morgan fingerprint density at radius 2 is 2.00 bits per heavy atom. The van der Waals surface area contributed by atoms with E-state index in [0.29, 0.717) is 17.9 Å². The van der Waals surface area contributed by atoms with Crippen LogP contribution in [0.5, 0.6) is 0 Å². The third-order valence-corrected chi connectivity index (χ3v) is 6.03. The Bertz CT molecular complexity index is 861. The molecule has 1 aromatic carbocycles. The van der Waals surface area contributed by atoms with E-state index >= 15 is 0 Å². The van der Waals surface area contributed by atoms with Crippen LogP contribution < -0.4 is 10.6 Å². The number of rotatable bonds is 8. The van der Waals surface area contributed by atoms with Crippen LogP contribution in [0.1, 0.15) is 42.1 Å². The lowest BCUT2D eigenvalue weighted by Gasteiger charge is -2.41. The first-order chi connectivity index (χ1) is 15.0. The van der Waals surface area contributed by atoms with Crippen molar-refractivity contribution >= 4 is 11.5 Å². The van der Waals surface area contributed by atoms with Crippen molar-refractivity contribution in [2.24, 2.45) is 0 Å². The molecule has 0 atom stereocenters. The number of amides is 1. The maximum Gasteiger partial charge on any atom is 0.253 e. The molecule has 1 aromatic rings. The molecule has 0 aromatic heterocycles. The fraction of sp³-hybridized carbons (Fsp3) is 0.423. The van der Waals surface area contributed by atoms with Gasteiger partial charge in [-0.15, -0.1) is 0 Å². The third-order valence-electron chi connectivity index (χ3n) is 6.03. The first-order valence-electron chi connectivity index (χ1n) is 11.2. The molecule has 166 valence electrons. The summed E-state index contributed by atoms with van der Waals surface area (Å²) in [4.78, 5) is 14.8. The molecule has 1 fully saturated rings. The number of carbonyl (C=O) groups is 1. The average molecular weight is 422 g/mol. The van der Waals surface area contributed by atoms with E-state index in [1.54, 1.807) is 6.08 Å². The molecular weight excluding hydrogens is 386 g/mol. The number of nitrogens with one attached hydrogen (secondary N) is 2. The second-order valence-corrected chi connectivity index (χ2v) is 8.13. The normalized spacial score (nSPS) is 19.1. The molecule has 0 radical (unpaired) electrons. The molecule has 2 aliphatic rings. The van der Waals surface area contributed by atoms with Gasteiger partial charge in [0, 0.05) is 37.1 Å². The highest BCUT2D eigenvalue weighted by Gasteiger charge is 2.37. The molecule has 0 unspecified atom stereocenters. The van der Waals surface area contributed by atoms with Crippen molar-refractivity contribution in [1.82, 2.24) is 15.5 Å². The highest BCUT2D eigenvalue weighted by molar-refractivity contribution is 5.95. The maximum absolute atomic E-state index is 12.9. The first kappa shape index (κ1) is 23.0. The molecule has 2 N–H and O–H groups in total. The minimum atomic E-state index is -0.322. The molecule has 1 amide bonds. The monoisotopic (exact) mass is 421 g/mol. The number of hydrogen-bond acceptors (Lipinski definition) is 4. The van der Waals surface area contributed by atoms with Crippen LogP contribution in [0.2, 0.25) is 0 Å². The molecule has 2 aliphatic heterocycles. The molecule has 3 rings (SSSR count). The second kappa shape index (κ2) is 10.6. The van der Waals surface area contributed by atoms with Crippen molar-refractivity contribution in [3.63, 3.8) is 0 Å². The number of piperidine rings is 1. The van der Waals surface area contributed by atoms with Gasteiger partial charge in [0.2, 0.25) is 0 Å². The Balaban J connectivity index is 1.88. The topological polar surface area (TPSA) is 53.6 Å². The largest absolute Gasteiger partial charge is 0.483 e. The van der Waals surface area contributed by atoms with Gasteiger partial charge in [0.1, 0.15) is 11.4 Å². The van der Waals surface area contributed by atoms with Gasteiger partial charge in [-0.2, -0.15) is 0 Å². The highest BCUT2D eigenvalue weighted by atomic mass is 16.5. The van der Waals surface area contributed by atoms with Crippen LogP contribution in [-0.4, -0.2) is 56.2 Å². The van der Waals surface area contributed by atoms with Crippen molar-refractivity contribution in [3.8, 4) is 0 Å². The third kappa shape index (κ3) is 5.35. The average Bonchev–Trinajstić information content (AvgIpc) is 2.79. The summed E-state index contributed by atoms with van der Waals surface area (Å²) in [7, 11) is 1.93. The molecule has 2 heterocycles. The van der Waals surface area contributed by atoms with Gasteiger partial charge in [0.05, 0.1) is 0 Å². The lowest BCUT2D eigenvalue weighted by molar-refractivity contribution is 0.0210. The van der Waals surface area contributed by atoms with Crippen LogP contribution in [0, 0.1) is 0 Å². The van der Waals surface area contributed by atoms with Crippen LogP contribution in [0.4, 0.5) is 0 Å². The second-order valence-electron chi connectivity index (χ2n) is 8.13. The van der Waals surface area contributed by atoms with E-state index < -0.39 is 0 Å². The number of nitrogens with zero attached hydrogens (tertiary/aromatic N) is 1. The van der Waals surface area contributed by atoms with Gasteiger partial charge in [0.15, 0.2) is 0 Å². The summed E-state index contributed by atoms with van der Waals surface area (Å²) in [6.45, 7) is 14.3. The van der Waals surface area contributed by atoms with Gasteiger partial charge < -0.3 is 20.3 Å². The fourth-order valence-electron chi connectivity index (χ4n) is 4.28. The number of ether oxygens (including phenoxy) is 1. The predicted molar refractivity (Wildman–Crippen MR) is 128 cm³/mol. The Morgan fingerprint density at radius 1 is 1.29 bits per heavy atom. The Labute approximate surface area is 186 Å². The summed E-state index contributed by atoms with van der Waals surface area (Å²) < 4.78 is 6.29. The van der Waals surface area contributed by atoms with Gasteiger partial charge >= 0.3 is 0 Å². The fourth-order valence-corrected chi connectivity index (χ4v) is 4.28. The van der Waals surface area contributed by atoms with Crippen LogP contribution in [0.15, 0.2) is 67.0 Å². The van der Waals surface area contributed by atoms with Gasteiger partial charge in [-0.25, -0.2) is 0 Å². The van der Waals surface area contributed by atoms with Gasteiger partial charge in [-0.3, -0.25) is 4.79 Å². The summed E-state index contributed by atoms with van der Waals surface area (Å²) in [5.41, 5.74) is 3.49. The van der Waals surface area contributed by atoms with Crippen LogP contribution in [0.3, 0.4) is 0 Å². The predicted octanol–water partition coefficient (Wildman–Crippen LogP) is 3.92. The van der Waals surface area contributed by atoms with E-state index in [0.717, 1.165) is 62.2 Å². The molecule has 1 saturated heterocycles. The SMILES string of the molecule is C=C/C=C1\C(=C)OC2(C=C1c1ccc(C(=O)N(CC)CCCNC)cc1)CCNCC2. The summed E-state index contributed by atoms with van der Waals surface area (Å²) in [5, 5.41) is 6.53. The van der Waals surface area contributed by atoms with Crippen molar-refractivity contribution in [1.29, 1.82) is 0 Å². The van der Waals surface area contributed by atoms with Gasteiger partial charge in [-0.05, 0) is 69.4 Å². The summed E-state index contributed by atoms with van der Waals surface area (Å²) >= 11 is 0. The zero-order valence-electron chi connectivity index (χ0n) is 18.9. The zero-order chi connectivity index (χ0) is 22.3. The number of hydrogen-bond donors (Lipinski definition) is 2. The smallest absolute Gasteiger partial charge is 0.253 e. The Morgan fingerprint density at radius 3 is 2.61 bits per heavy atom. The molecule has 0 saturated carbocycles. The first-order valence-corrected chi connectivity index (χ1v) is 11.2. The minimum Gasteiger partial charge on any atom is -0.483 e. The van der Waals surface area contributed by atoms with E-state index in [2.05, 4.69) is 29.9 Å². The van der Waals surface area contributed by atoms with E-state index in [-0.39, 0.29) is 11.5 Å². The van der Waals surface area contributed by atoms with Gasteiger partial charge in [-0.1, -0.05) is 37.4 Å². The lowest BCUT2D eigenvalue weighted by Crippen LogP contribution is -2.44. The molecule has 5 nitrogen and oxygen atoms in total. The van der Waals surface area contributed by atoms with Crippen molar-refractivity contribution < 1.29 is 9.53 Å². The zero-order valence-corrected chi connectivity index (χ0v) is 18.9. The maximum atomic E-state index is 12.9. The summed E-state index contributed by atoms with van der Waals surface area (Å²) in [6, 6.07) is 7.92. The summed E-state index contributed by atoms with van der Waals surface area (Å²) in [6.07, 6.45) is 8.71. The quantitative estimate of drug-likeness (QED) is 0.625. The van der Waals surface area contributed by atoms with Crippen LogP contribution in [-0.2, 0) is 4.74 Å². The molecule has 31 heavy (non-hydrogen) atoms. The van der Waals surface area contributed by atoms with Crippen molar-refractivity contribution in [3.05, 3.63) is 78.1 Å². The number of allylic oxidation sites excluding steroid dienone is 3. The molecule has 0 bridgehead atoms. The number of benzene rings is 1. The van der Waals surface area contributed by atoms with E-state index in [9.17, 15) is 4.79 Å². The van der Waals surface area contributed by atoms with Crippen LogP contribution >= 0.6 is 0 Å². The lowest BCUT2D eigenvalue weighted by atomic mass is 9.82. The van der Waals surface area contributed by atoms with Gasteiger partial charge in [0.25, 0.3) is 5.91 Å². The van der Waals surface area contributed by atoms with E-state index in [4.69, 9.17) is 4.74 Å². The van der Waals surface area contributed by atoms with E-state index in [1.165, 1.54) is 0 Å². The summed E-state index contributed by atoms with van der Waals surface area (Å²) in [5.74, 6) is 0.758. The molecule has 1 spiro atoms. The molecule has 0 aliphatic carbocycles. The minimum absolute atomic E-state index is 0.0761. The van der Waals surface area contributed by atoms with Crippen LogP contribution in [0.25, 0.3) is 5.57 Å². The Kier molecular flexibility index (Phi) is 7.88. The molecule has 5 heteroatoms. The molecular formula is C26H35N3O2.